The molecule has 0 N–H and O–H groups in total. The van der Waals surface area contributed by atoms with Crippen LogP contribution in [0.1, 0.15) is 17.3 Å². The number of rotatable bonds is 2. The lowest BCUT2D eigenvalue weighted by Crippen LogP contribution is -2.42. The van der Waals surface area contributed by atoms with Crippen LogP contribution in [0.3, 0.4) is 0 Å². The first kappa shape index (κ1) is 12.9. The van der Waals surface area contributed by atoms with Gasteiger partial charge < -0.3 is 9.64 Å². The number of carbonyl (C=O) groups is 1. The van der Waals surface area contributed by atoms with Crippen molar-refractivity contribution in [2.75, 3.05) is 24.6 Å². The number of benzene rings is 1. The number of hydrogen-bond acceptors (Lipinski definition) is 4. The van der Waals surface area contributed by atoms with Crippen LogP contribution in [-0.4, -0.2) is 31.6 Å². The summed E-state index contributed by atoms with van der Waals surface area (Å²) in [5.41, 5.74) is 1.43. The summed E-state index contributed by atoms with van der Waals surface area (Å²) in [6.07, 6.45) is -0.428. The predicted molar refractivity (Wildman–Crippen MR) is 69.0 cm³/mol. The van der Waals surface area contributed by atoms with Gasteiger partial charge in [-0.25, -0.2) is 0 Å². The standard InChI is InChI=1S/C13H13ClN2O2/c1-9(17)10-2-3-13(12(14)6-10)16-4-5-18-11(7-15)8-16/h2-3,6,11H,4-5,8H2,1H3. The molecule has 1 aliphatic rings. The van der Waals surface area contributed by atoms with E-state index in [1.54, 1.807) is 12.1 Å². The maximum absolute atomic E-state index is 11.2. The van der Waals surface area contributed by atoms with E-state index in [1.807, 2.05) is 11.0 Å². The number of ketones is 1. The van der Waals surface area contributed by atoms with E-state index in [0.29, 0.717) is 30.3 Å². The number of nitriles is 1. The number of morpholine rings is 1. The molecule has 5 heteroatoms. The van der Waals surface area contributed by atoms with Gasteiger partial charge in [0.25, 0.3) is 0 Å². The van der Waals surface area contributed by atoms with Crippen LogP contribution in [0.2, 0.25) is 5.02 Å². The molecule has 94 valence electrons. The van der Waals surface area contributed by atoms with Crippen molar-refractivity contribution in [3.8, 4) is 6.07 Å². The van der Waals surface area contributed by atoms with Crippen molar-refractivity contribution in [1.29, 1.82) is 5.26 Å². The maximum atomic E-state index is 11.2. The minimum atomic E-state index is -0.428. The molecule has 0 amide bonds. The minimum Gasteiger partial charge on any atom is -0.364 e. The Kier molecular flexibility index (Phi) is 3.85. The van der Waals surface area contributed by atoms with Gasteiger partial charge in [-0.05, 0) is 25.1 Å². The molecule has 1 fully saturated rings. The number of anilines is 1. The summed E-state index contributed by atoms with van der Waals surface area (Å²) in [6.45, 7) is 3.20. The number of halogens is 1. The minimum absolute atomic E-state index is 0.0136. The molecule has 1 unspecified atom stereocenters. The van der Waals surface area contributed by atoms with Crippen LogP contribution >= 0.6 is 11.6 Å². The maximum Gasteiger partial charge on any atom is 0.161 e. The van der Waals surface area contributed by atoms with Crippen molar-refractivity contribution >= 4 is 23.1 Å². The highest BCUT2D eigenvalue weighted by Crippen LogP contribution is 2.28. The van der Waals surface area contributed by atoms with Crippen molar-refractivity contribution in [3.05, 3.63) is 28.8 Å². The summed E-state index contributed by atoms with van der Waals surface area (Å²) in [5.74, 6) is -0.0136. The second kappa shape index (κ2) is 5.38. The van der Waals surface area contributed by atoms with Crippen molar-refractivity contribution in [2.24, 2.45) is 0 Å². The van der Waals surface area contributed by atoms with Gasteiger partial charge in [0, 0.05) is 12.1 Å². The molecule has 0 spiro atoms. The Hall–Kier alpha value is -1.57. The smallest absolute Gasteiger partial charge is 0.161 e. The molecular weight excluding hydrogens is 252 g/mol. The van der Waals surface area contributed by atoms with Crippen LogP contribution in [0, 0.1) is 11.3 Å². The highest BCUT2D eigenvalue weighted by atomic mass is 35.5. The first-order valence-electron chi connectivity index (χ1n) is 5.68. The molecule has 18 heavy (non-hydrogen) atoms. The van der Waals surface area contributed by atoms with Crippen LogP contribution in [0.4, 0.5) is 5.69 Å². The average molecular weight is 265 g/mol. The van der Waals surface area contributed by atoms with Crippen LogP contribution in [0.5, 0.6) is 0 Å². The molecule has 1 heterocycles. The second-order valence-corrected chi connectivity index (χ2v) is 4.56. The Balaban J connectivity index is 2.23. The number of nitrogens with zero attached hydrogens (tertiary/aromatic N) is 2. The van der Waals surface area contributed by atoms with Gasteiger partial charge in [-0.3, -0.25) is 4.79 Å². The first-order valence-corrected chi connectivity index (χ1v) is 6.06. The number of Topliss-reactive ketones (excluding diaryl/α,β-unsaturated/α-hetero) is 1. The average Bonchev–Trinajstić information content (AvgIpc) is 2.38. The molecule has 0 aromatic heterocycles. The Morgan fingerprint density at radius 1 is 1.61 bits per heavy atom. The summed E-state index contributed by atoms with van der Waals surface area (Å²) in [5, 5.41) is 9.39. The van der Waals surface area contributed by atoms with E-state index in [-0.39, 0.29) is 5.78 Å². The number of hydrogen-bond donors (Lipinski definition) is 0. The van der Waals surface area contributed by atoms with Crippen molar-refractivity contribution in [2.45, 2.75) is 13.0 Å². The highest BCUT2D eigenvalue weighted by Gasteiger charge is 2.21. The van der Waals surface area contributed by atoms with Gasteiger partial charge in [0.1, 0.15) is 0 Å². The van der Waals surface area contributed by atoms with Crippen LogP contribution in [0.15, 0.2) is 18.2 Å². The molecule has 2 rings (SSSR count). The number of carbonyl (C=O) groups excluding carboxylic acids is 1. The molecule has 0 bridgehead atoms. The van der Waals surface area contributed by atoms with E-state index in [9.17, 15) is 4.79 Å². The van der Waals surface area contributed by atoms with E-state index in [4.69, 9.17) is 21.6 Å². The molecule has 1 aromatic carbocycles. The molecule has 1 aromatic rings. The Labute approximate surface area is 111 Å². The fraction of sp³-hybridized carbons (Fsp3) is 0.385. The quantitative estimate of drug-likeness (QED) is 0.769. The summed E-state index contributed by atoms with van der Waals surface area (Å²) >= 11 is 6.18. The molecule has 0 aliphatic carbocycles. The topological polar surface area (TPSA) is 53.3 Å². The zero-order chi connectivity index (χ0) is 13.1. The molecule has 1 atom stereocenters. The van der Waals surface area contributed by atoms with E-state index < -0.39 is 6.10 Å². The van der Waals surface area contributed by atoms with Crippen LogP contribution < -0.4 is 4.90 Å². The molecule has 0 radical (unpaired) electrons. The van der Waals surface area contributed by atoms with Gasteiger partial charge in [0.05, 0.1) is 29.9 Å². The van der Waals surface area contributed by atoms with Crippen molar-refractivity contribution in [3.63, 3.8) is 0 Å². The van der Waals surface area contributed by atoms with Gasteiger partial charge in [0.15, 0.2) is 11.9 Å². The Bertz CT molecular complexity index is 510. The third kappa shape index (κ3) is 2.63. The third-order valence-corrected chi connectivity index (χ3v) is 3.21. The summed E-state index contributed by atoms with van der Waals surface area (Å²) < 4.78 is 5.28. The Morgan fingerprint density at radius 3 is 3.00 bits per heavy atom. The fourth-order valence-corrected chi connectivity index (χ4v) is 2.23. The van der Waals surface area contributed by atoms with E-state index in [2.05, 4.69) is 6.07 Å². The SMILES string of the molecule is CC(=O)c1ccc(N2CCOC(C#N)C2)c(Cl)c1. The van der Waals surface area contributed by atoms with E-state index >= 15 is 0 Å². The van der Waals surface area contributed by atoms with Gasteiger partial charge in [-0.2, -0.15) is 5.26 Å². The van der Waals surface area contributed by atoms with Crippen molar-refractivity contribution in [1.82, 2.24) is 0 Å². The predicted octanol–water partition coefficient (Wildman–Crippen LogP) is 2.27. The lowest BCUT2D eigenvalue weighted by molar-refractivity contribution is 0.0764. The van der Waals surface area contributed by atoms with Gasteiger partial charge in [0.2, 0.25) is 0 Å². The largest absolute Gasteiger partial charge is 0.364 e. The zero-order valence-corrected chi connectivity index (χ0v) is 10.8. The van der Waals surface area contributed by atoms with Crippen LogP contribution in [0.25, 0.3) is 0 Å². The third-order valence-electron chi connectivity index (χ3n) is 2.91. The van der Waals surface area contributed by atoms with E-state index in [1.165, 1.54) is 6.92 Å². The van der Waals surface area contributed by atoms with Crippen LogP contribution in [-0.2, 0) is 4.74 Å². The molecule has 4 nitrogen and oxygen atoms in total. The summed E-state index contributed by atoms with van der Waals surface area (Å²) in [6, 6.07) is 7.32. The molecular formula is C13H13ClN2O2. The summed E-state index contributed by atoms with van der Waals surface area (Å²) in [7, 11) is 0. The summed E-state index contributed by atoms with van der Waals surface area (Å²) in [4.78, 5) is 13.3. The lowest BCUT2D eigenvalue weighted by Gasteiger charge is -2.32. The lowest BCUT2D eigenvalue weighted by atomic mass is 10.1. The van der Waals surface area contributed by atoms with Gasteiger partial charge in [-0.1, -0.05) is 11.6 Å². The molecule has 1 saturated heterocycles. The van der Waals surface area contributed by atoms with Crippen molar-refractivity contribution < 1.29 is 9.53 Å². The second-order valence-electron chi connectivity index (χ2n) is 4.16. The van der Waals surface area contributed by atoms with E-state index in [0.717, 1.165) is 5.69 Å². The molecule has 1 aliphatic heterocycles. The fourth-order valence-electron chi connectivity index (χ4n) is 1.93. The highest BCUT2D eigenvalue weighted by molar-refractivity contribution is 6.33. The Morgan fingerprint density at radius 2 is 2.39 bits per heavy atom. The molecule has 0 saturated carbocycles. The zero-order valence-electron chi connectivity index (χ0n) is 10.0. The monoisotopic (exact) mass is 264 g/mol. The first-order chi connectivity index (χ1) is 8.61. The number of ether oxygens (including phenoxy) is 1. The normalized spacial score (nSPS) is 19.4. The van der Waals surface area contributed by atoms with Gasteiger partial charge in [-0.15, -0.1) is 0 Å². The van der Waals surface area contributed by atoms with Gasteiger partial charge >= 0.3 is 0 Å².